The average Bonchev–Trinajstić information content (AvgIpc) is 2.57. The van der Waals surface area contributed by atoms with E-state index in [1.54, 1.807) is 0 Å². The number of halogens is 3. The Morgan fingerprint density at radius 1 is 1.53 bits per heavy atom. The normalized spacial score (nSPS) is 24.1. The first-order chi connectivity index (χ1) is 7.84. The zero-order chi connectivity index (χ0) is 13.1. The summed E-state index contributed by atoms with van der Waals surface area (Å²) in [6.07, 6.45) is -2.79. The summed E-state index contributed by atoms with van der Waals surface area (Å²) >= 11 is 16.4. The number of carbonyl (C=O) groups is 2. The Morgan fingerprint density at radius 2 is 2.18 bits per heavy atom. The first-order valence-corrected chi connectivity index (χ1v) is 5.43. The van der Waals surface area contributed by atoms with E-state index < -0.39 is 27.9 Å². The van der Waals surface area contributed by atoms with E-state index in [1.807, 2.05) is 0 Å². The molecule has 0 amide bonds. The second-order valence-electron chi connectivity index (χ2n) is 3.07. The van der Waals surface area contributed by atoms with Gasteiger partial charge in [-0.1, -0.05) is 39.9 Å². The Balaban J connectivity index is 2.54. The molecule has 0 radical (unpaired) electrons. The van der Waals surface area contributed by atoms with Gasteiger partial charge in [0.1, 0.15) is 5.78 Å². The van der Waals surface area contributed by atoms with Gasteiger partial charge in [-0.05, 0) is 5.53 Å². The van der Waals surface area contributed by atoms with Crippen LogP contribution in [-0.2, 0) is 19.1 Å². The van der Waals surface area contributed by atoms with Crippen molar-refractivity contribution in [2.45, 2.75) is 22.6 Å². The molecule has 0 N–H and O–H groups in total. The zero-order valence-corrected chi connectivity index (χ0v) is 10.4. The Kier molecular flexibility index (Phi) is 4.85. The molecule has 0 bridgehead atoms. The van der Waals surface area contributed by atoms with E-state index in [0.29, 0.717) is 0 Å². The number of Topliss-reactive ketones (excluding diaryl/α,β-unsaturated/α-hetero) is 1. The van der Waals surface area contributed by atoms with E-state index >= 15 is 0 Å². The van der Waals surface area contributed by atoms with E-state index in [4.69, 9.17) is 45.1 Å². The van der Waals surface area contributed by atoms with Gasteiger partial charge in [-0.3, -0.25) is 4.79 Å². The molecule has 1 heterocycles. The Hall–Kier alpha value is -0.720. The summed E-state index contributed by atoms with van der Waals surface area (Å²) in [7, 11) is 0. The number of azide groups is 1. The largest absolute Gasteiger partial charge is 0.429 e. The fourth-order valence-electron chi connectivity index (χ4n) is 1.07. The minimum absolute atomic E-state index is 0.297. The lowest BCUT2D eigenvalue weighted by atomic mass is 10.2. The highest BCUT2D eigenvalue weighted by Gasteiger charge is 2.47. The van der Waals surface area contributed by atoms with Crippen LogP contribution in [0.2, 0.25) is 0 Å². The first-order valence-electron chi connectivity index (χ1n) is 4.30. The van der Waals surface area contributed by atoms with Gasteiger partial charge in [0.25, 0.3) is 10.1 Å². The van der Waals surface area contributed by atoms with Crippen molar-refractivity contribution in [3.8, 4) is 0 Å². The number of ether oxygens (including phenoxy) is 2. The van der Waals surface area contributed by atoms with Gasteiger partial charge >= 0.3 is 5.97 Å². The van der Waals surface area contributed by atoms with Gasteiger partial charge in [0.05, 0.1) is 6.54 Å². The molecule has 0 aromatic heterocycles. The van der Waals surface area contributed by atoms with Gasteiger partial charge in [0, 0.05) is 11.3 Å². The quantitative estimate of drug-likeness (QED) is 0.260. The summed E-state index contributed by atoms with van der Waals surface area (Å²) < 4.78 is 7.68. The maximum atomic E-state index is 11.3. The molecule has 0 spiro atoms. The van der Waals surface area contributed by atoms with Crippen molar-refractivity contribution >= 4 is 46.6 Å². The van der Waals surface area contributed by atoms with Gasteiger partial charge in [-0.25, -0.2) is 4.79 Å². The Labute approximate surface area is 111 Å². The molecule has 0 aromatic rings. The van der Waals surface area contributed by atoms with Crippen LogP contribution in [0.4, 0.5) is 0 Å². The molecule has 10 heteroatoms. The first kappa shape index (κ1) is 14.3. The van der Waals surface area contributed by atoms with Crippen LogP contribution in [0, 0.1) is 0 Å². The van der Waals surface area contributed by atoms with E-state index in [2.05, 4.69) is 14.8 Å². The van der Waals surface area contributed by atoms with Crippen molar-refractivity contribution in [3.63, 3.8) is 0 Å². The highest BCUT2D eigenvalue weighted by atomic mass is 35.6. The second kappa shape index (κ2) is 5.75. The smallest absolute Gasteiger partial charge is 0.338 e. The van der Waals surface area contributed by atoms with E-state index in [1.165, 1.54) is 0 Å². The average molecular weight is 303 g/mol. The standard InChI is InChI=1S/C7H6Cl3N3O4/c8-7(9,10)6-16-4(5(15)17-6)1-3(14)2-12-13-11/h4,6H,1-2H2/t4-,6+/m0/s1. The Morgan fingerprint density at radius 3 is 2.65 bits per heavy atom. The minimum Gasteiger partial charge on any atom is -0.429 e. The van der Waals surface area contributed by atoms with Crippen LogP contribution in [0.3, 0.4) is 0 Å². The van der Waals surface area contributed by atoms with Crippen LogP contribution >= 0.6 is 34.8 Å². The predicted octanol–water partition coefficient (Wildman–Crippen LogP) is 1.89. The van der Waals surface area contributed by atoms with Crippen molar-refractivity contribution in [2.75, 3.05) is 6.54 Å². The fourth-order valence-corrected chi connectivity index (χ4v) is 1.36. The minimum atomic E-state index is -1.92. The number of hydrogen-bond acceptors (Lipinski definition) is 5. The lowest BCUT2D eigenvalue weighted by Crippen LogP contribution is -2.27. The summed E-state index contributed by atoms with van der Waals surface area (Å²) in [6.45, 7) is -0.373. The van der Waals surface area contributed by atoms with E-state index in [0.717, 1.165) is 0 Å². The highest BCUT2D eigenvalue weighted by Crippen LogP contribution is 2.37. The molecule has 1 saturated heterocycles. The highest BCUT2D eigenvalue weighted by molar-refractivity contribution is 6.68. The number of cyclic esters (lactones) is 1. The number of carbonyl (C=O) groups excluding carboxylic acids is 2. The molecule has 1 aliphatic rings. The summed E-state index contributed by atoms with van der Waals surface area (Å²) in [5.74, 6) is -1.27. The van der Waals surface area contributed by atoms with Crippen molar-refractivity contribution < 1.29 is 19.1 Å². The monoisotopic (exact) mass is 301 g/mol. The third kappa shape index (κ3) is 4.22. The van der Waals surface area contributed by atoms with Crippen LogP contribution in [0.1, 0.15) is 6.42 Å². The molecule has 0 unspecified atom stereocenters. The van der Waals surface area contributed by atoms with Crippen LogP contribution in [0.5, 0.6) is 0 Å². The molecule has 1 fully saturated rings. The third-order valence-corrected chi connectivity index (χ3v) is 2.30. The summed E-state index contributed by atoms with van der Waals surface area (Å²) in [5, 5.41) is 3.05. The molecule has 7 nitrogen and oxygen atoms in total. The van der Waals surface area contributed by atoms with E-state index in [-0.39, 0.29) is 13.0 Å². The molecule has 0 aliphatic carbocycles. The summed E-state index contributed by atoms with van der Waals surface area (Å²) in [6, 6.07) is 0. The molecule has 17 heavy (non-hydrogen) atoms. The van der Waals surface area contributed by atoms with Crippen molar-refractivity contribution in [2.24, 2.45) is 5.11 Å². The van der Waals surface area contributed by atoms with Crippen molar-refractivity contribution in [3.05, 3.63) is 10.4 Å². The molecular formula is C7H6Cl3N3O4. The molecule has 1 rings (SSSR count). The van der Waals surface area contributed by atoms with Crippen LogP contribution in [-0.4, -0.2) is 34.5 Å². The van der Waals surface area contributed by atoms with E-state index in [9.17, 15) is 9.59 Å². The lowest BCUT2D eigenvalue weighted by molar-refractivity contribution is -0.143. The number of ketones is 1. The van der Waals surface area contributed by atoms with Gasteiger partial charge in [0.2, 0.25) is 0 Å². The molecule has 0 aromatic carbocycles. The van der Waals surface area contributed by atoms with Gasteiger partial charge in [-0.2, -0.15) is 0 Å². The van der Waals surface area contributed by atoms with Crippen LogP contribution in [0.15, 0.2) is 5.11 Å². The molecule has 0 saturated carbocycles. The van der Waals surface area contributed by atoms with Gasteiger partial charge < -0.3 is 9.47 Å². The lowest BCUT2D eigenvalue weighted by Gasteiger charge is -2.16. The second-order valence-corrected chi connectivity index (χ2v) is 5.44. The van der Waals surface area contributed by atoms with Crippen molar-refractivity contribution in [1.82, 2.24) is 0 Å². The molecule has 1 aliphatic heterocycles. The number of alkyl halides is 3. The van der Waals surface area contributed by atoms with Crippen molar-refractivity contribution in [1.29, 1.82) is 0 Å². The fraction of sp³-hybridized carbons (Fsp3) is 0.714. The maximum Gasteiger partial charge on any atom is 0.338 e. The van der Waals surface area contributed by atoms with Crippen LogP contribution < -0.4 is 0 Å². The number of esters is 1. The maximum absolute atomic E-state index is 11.3. The zero-order valence-electron chi connectivity index (χ0n) is 8.18. The summed E-state index contributed by atoms with van der Waals surface area (Å²) in [5.41, 5.74) is 8.01. The third-order valence-electron chi connectivity index (χ3n) is 1.76. The SMILES string of the molecule is [N-]=[N+]=NCC(=O)C[C@@H]1O[C@@H](C(Cl)(Cl)Cl)OC1=O. The Bertz CT molecular complexity index is 377. The topological polar surface area (TPSA) is 101 Å². The molecule has 2 atom stereocenters. The molecule has 94 valence electrons. The summed E-state index contributed by atoms with van der Waals surface area (Å²) in [4.78, 5) is 24.9. The predicted molar refractivity (Wildman–Crippen MR) is 58.7 cm³/mol. The molecular weight excluding hydrogens is 296 g/mol. The van der Waals surface area contributed by atoms with Crippen LogP contribution in [0.25, 0.3) is 10.4 Å². The number of rotatable bonds is 4. The van der Waals surface area contributed by atoms with Gasteiger partial charge in [-0.15, -0.1) is 0 Å². The van der Waals surface area contributed by atoms with Gasteiger partial charge in [0.15, 0.2) is 6.10 Å². The number of hydrogen-bond donors (Lipinski definition) is 0. The number of nitrogens with zero attached hydrogens (tertiary/aromatic N) is 3.